The minimum Gasteiger partial charge on any atom is -0.462 e. The highest BCUT2D eigenvalue weighted by molar-refractivity contribution is 5.65. The topological polar surface area (TPSA) is 32.8 Å². The smallest absolute Gasteiger partial charge is 0.302 e. The summed E-state index contributed by atoms with van der Waals surface area (Å²) in [6, 6.07) is 0. The highest BCUT2D eigenvalue weighted by Gasteiger charge is 2.09. The molecule has 4 heteroatoms. The van der Waals surface area contributed by atoms with Gasteiger partial charge in [0.1, 0.15) is 6.61 Å². The average Bonchev–Trinajstić information content (AvgIpc) is 2.70. The third-order valence-electron chi connectivity index (χ3n) is 6.13. The summed E-state index contributed by atoms with van der Waals surface area (Å²) in [6.45, 7) is 13.3. The van der Waals surface area contributed by atoms with Crippen LogP contribution in [0.4, 0.5) is 0 Å². The molecule has 0 heterocycles. The minimum atomic E-state index is -0.216. The highest BCUT2D eigenvalue weighted by Crippen LogP contribution is 2.20. The van der Waals surface area contributed by atoms with Gasteiger partial charge in [0.2, 0.25) is 0 Å². The summed E-state index contributed by atoms with van der Waals surface area (Å²) >= 11 is 0. The maximum absolute atomic E-state index is 10.9. The second-order valence-electron chi connectivity index (χ2n) is 9.86. The van der Waals surface area contributed by atoms with Gasteiger partial charge >= 0.3 is 5.97 Å². The Morgan fingerprint density at radius 1 is 0.806 bits per heavy atom. The molecule has 0 bridgehead atoms. The summed E-state index contributed by atoms with van der Waals surface area (Å²) in [6.07, 6.45) is 19.1. The maximum Gasteiger partial charge on any atom is 0.302 e. The first-order valence-electron chi connectivity index (χ1n) is 13.0. The first-order valence-corrected chi connectivity index (χ1v) is 13.0. The predicted molar refractivity (Wildman–Crippen MR) is 136 cm³/mol. The van der Waals surface area contributed by atoms with Crippen molar-refractivity contribution >= 4 is 5.97 Å². The van der Waals surface area contributed by atoms with E-state index in [2.05, 4.69) is 50.7 Å². The van der Waals surface area contributed by atoms with Crippen molar-refractivity contribution in [2.45, 2.75) is 98.3 Å². The summed E-state index contributed by atoms with van der Waals surface area (Å²) < 4.78 is 4.99. The number of carbonyl (C=O) groups is 1. The Balaban J connectivity index is 4.08. The predicted octanol–water partition coefficient (Wildman–Crippen LogP) is 6.55. The van der Waals surface area contributed by atoms with Crippen LogP contribution in [0.2, 0.25) is 0 Å². The van der Waals surface area contributed by atoms with Crippen LogP contribution in [-0.4, -0.2) is 62.7 Å². The van der Waals surface area contributed by atoms with Crippen LogP contribution in [0.3, 0.4) is 0 Å². The Kier molecular flexibility index (Phi) is 20.4. The van der Waals surface area contributed by atoms with Crippen LogP contribution in [0.15, 0.2) is 12.2 Å². The highest BCUT2D eigenvalue weighted by atomic mass is 16.5. The van der Waals surface area contributed by atoms with E-state index in [1.165, 1.54) is 77.6 Å². The van der Waals surface area contributed by atoms with Crippen molar-refractivity contribution < 1.29 is 9.53 Å². The van der Waals surface area contributed by atoms with Gasteiger partial charge in [-0.15, -0.1) is 0 Å². The maximum atomic E-state index is 10.9. The minimum absolute atomic E-state index is 0.216. The third-order valence-corrected chi connectivity index (χ3v) is 6.13. The number of unbranched alkanes of at least 4 members (excludes halogenated alkanes) is 4. The monoisotopic (exact) mass is 438 g/mol. The van der Waals surface area contributed by atoms with E-state index in [1.807, 2.05) is 6.08 Å². The van der Waals surface area contributed by atoms with Gasteiger partial charge in [-0.25, -0.2) is 0 Å². The van der Waals surface area contributed by atoms with Crippen LogP contribution in [-0.2, 0) is 9.53 Å². The lowest BCUT2D eigenvalue weighted by Gasteiger charge is -2.24. The molecule has 0 fully saturated rings. The van der Waals surface area contributed by atoms with E-state index in [4.69, 9.17) is 4.74 Å². The number of esters is 1. The molecule has 31 heavy (non-hydrogen) atoms. The third kappa shape index (κ3) is 22.1. The van der Waals surface area contributed by atoms with E-state index < -0.39 is 0 Å². The molecule has 2 atom stereocenters. The number of rotatable bonds is 21. The van der Waals surface area contributed by atoms with Crippen LogP contribution < -0.4 is 0 Å². The van der Waals surface area contributed by atoms with Gasteiger partial charge in [-0.1, -0.05) is 84.6 Å². The first-order chi connectivity index (χ1) is 14.8. The number of ether oxygens (including phenoxy) is 1. The molecule has 2 unspecified atom stereocenters. The Hall–Kier alpha value is -0.870. The molecular formula is C27H54N2O2. The van der Waals surface area contributed by atoms with Crippen molar-refractivity contribution in [2.24, 2.45) is 11.8 Å². The quantitative estimate of drug-likeness (QED) is 0.115. The van der Waals surface area contributed by atoms with E-state index in [-0.39, 0.29) is 5.97 Å². The zero-order chi connectivity index (χ0) is 23.3. The fourth-order valence-electron chi connectivity index (χ4n) is 3.96. The average molecular weight is 439 g/mol. The lowest BCUT2D eigenvalue weighted by Crippen LogP contribution is -2.29. The Labute approximate surface area is 194 Å². The molecule has 184 valence electrons. The number of carbonyl (C=O) groups excluding carboxylic acids is 1. The van der Waals surface area contributed by atoms with E-state index in [0.717, 1.165) is 38.0 Å². The van der Waals surface area contributed by atoms with Gasteiger partial charge in [0.25, 0.3) is 0 Å². The number of hydrogen-bond donors (Lipinski definition) is 0. The van der Waals surface area contributed by atoms with Crippen LogP contribution >= 0.6 is 0 Å². The van der Waals surface area contributed by atoms with Crippen LogP contribution in [0.1, 0.15) is 98.3 Å². The molecule has 0 aliphatic rings. The van der Waals surface area contributed by atoms with Gasteiger partial charge in [-0.3, -0.25) is 9.69 Å². The molecule has 0 aromatic carbocycles. The normalized spacial score (nSPS) is 13.9. The summed E-state index contributed by atoms with van der Waals surface area (Å²) in [7, 11) is 4.27. The molecule has 0 amide bonds. The van der Waals surface area contributed by atoms with Gasteiger partial charge in [0, 0.05) is 13.5 Å². The van der Waals surface area contributed by atoms with Crippen LogP contribution in [0.5, 0.6) is 0 Å². The zero-order valence-corrected chi connectivity index (χ0v) is 21.8. The van der Waals surface area contributed by atoms with Gasteiger partial charge in [-0.2, -0.15) is 0 Å². The molecule has 4 nitrogen and oxygen atoms in total. The fourth-order valence-corrected chi connectivity index (χ4v) is 3.96. The Bertz CT molecular complexity index is 437. The molecule has 0 aliphatic heterocycles. The molecule has 0 saturated heterocycles. The fraction of sp³-hybridized carbons (Fsp3) is 0.889. The second kappa shape index (κ2) is 21.0. The van der Waals surface area contributed by atoms with Crippen molar-refractivity contribution in [1.82, 2.24) is 9.80 Å². The van der Waals surface area contributed by atoms with Gasteiger partial charge in [0.15, 0.2) is 0 Å². The summed E-state index contributed by atoms with van der Waals surface area (Å²) in [4.78, 5) is 15.7. The van der Waals surface area contributed by atoms with Crippen molar-refractivity contribution in [3.05, 3.63) is 12.2 Å². The Morgan fingerprint density at radius 2 is 1.45 bits per heavy atom. The van der Waals surface area contributed by atoms with Crippen molar-refractivity contribution in [3.8, 4) is 0 Å². The molecule has 0 rings (SSSR count). The molecule has 0 aromatic heterocycles. The van der Waals surface area contributed by atoms with Gasteiger partial charge < -0.3 is 9.64 Å². The van der Waals surface area contributed by atoms with E-state index >= 15 is 0 Å². The Morgan fingerprint density at radius 3 is 2.10 bits per heavy atom. The van der Waals surface area contributed by atoms with Crippen molar-refractivity contribution in [2.75, 3.05) is 46.9 Å². The van der Waals surface area contributed by atoms with Crippen molar-refractivity contribution in [3.63, 3.8) is 0 Å². The summed E-state index contributed by atoms with van der Waals surface area (Å²) in [5.74, 6) is 1.46. The molecule has 0 aliphatic carbocycles. The summed E-state index contributed by atoms with van der Waals surface area (Å²) in [5.41, 5.74) is 0. The van der Waals surface area contributed by atoms with Gasteiger partial charge in [-0.05, 0) is 64.5 Å². The van der Waals surface area contributed by atoms with E-state index in [9.17, 15) is 4.79 Å². The molecular weight excluding hydrogens is 384 g/mol. The van der Waals surface area contributed by atoms with Gasteiger partial charge in [0.05, 0.1) is 0 Å². The summed E-state index contributed by atoms with van der Waals surface area (Å²) in [5, 5.41) is 0. The largest absolute Gasteiger partial charge is 0.462 e. The van der Waals surface area contributed by atoms with Crippen LogP contribution in [0, 0.1) is 11.8 Å². The molecule has 0 aromatic rings. The first kappa shape index (κ1) is 30.1. The van der Waals surface area contributed by atoms with E-state index in [1.54, 1.807) is 0 Å². The SMILES string of the molecule is CCCCCCCC(C)CCCC(C)CCN(CC=CCOC(C)=O)CCCN(C)C. The molecule has 0 N–H and O–H groups in total. The second-order valence-corrected chi connectivity index (χ2v) is 9.86. The number of hydrogen-bond acceptors (Lipinski definition) is 4. The van der Waals surface area contributed by atoms with Crippen molar-refractivity contribution in [1.29, 1.82) is 0 Å². The zero-order valence-electron chi connectivity index (χ0n) is 21.8. The number of nitrogens with zero attached hydrogens (tertiary/aromatic N) is 2. The lowest BCUT2D eigenvalue weighted by molar-refractivity contribution is -0.139. The van der Waals surface area contributed by atoms with Crippen LogP contribution in [0.25, 0.3) is 0 Å². The standard InChI is InChI=1S/C27H54N2O2/c1-7-8-9-10-11-16-25(2)17-14-18-26(3)19-23-29(22-15-20-28(5)6)21-12-13-24-31-27(4)30/h12-13,25-26H,7-11,14-24H2,1-6H3. The molecule has 0 radical (unpaired) electrons. The molecule has 0 spiro atoms. The van der Waals surface area contributed by atoms with E-state index in [0.29, 0.717) is 6.61 Å². The molecule has 0 saturated carbocycles. The lowest BCUT2D eigenvalue weighted by atomic mass is 9.93.